The number of carbonyl (C=O) groups excluding carboxylic acids is 1. The summed E-state index contributed by atoms with van der Waals surface area (Å²) in [5.41, 5.74) is -1.90. The normalized spacial score (nSPS) is 16.4. The Hall–Kier alpha value is -0.950. The number of thiazole rings is 1. The minimum absolute atomic E-state index is 0.125. The highest BCUT2D eigenvalue weighted by atomic mass is 32.1. The van der Waals surface area contributed by atoms with Crippen LogP contribution in [0.5, 0.6) is 0 Å². The maximum absolute atomic E-state index is 12.1. The minimum atomic E-state index is -4.54. The van der Waals surface area contributed by atoms with Crippen molar-refractivity contribution in [3.8, 4) is 0 Å². The van der Waals surface area contributed by atoms with E-state index in [2.05, 4.69) is 4.98 Å². The molecule has 0 aliphatic heterocycles. The number of aromatic nitrogens is 1. The number of nitrogens with zero attached hydrogens (tertiary/aromatic N) is 1. The molecule has 0 spiro atoms. The van der Waals surface area contributed by atoms with Crippen molar-refractivity contribution in [3.05, 3.63) is 16.1 Å². The molecule has 1 rings (SSSR count). The maximum atomic E-state index is 12.1. The molecule has 3 nitrogen and oxygen atoms in total. The topological polar surface area (TPSA) is 50.2 Å². The van der Waals surface area contributed by atoms with Crippen molar-refractivity contribution in [2.75, 3.05) is 0 Å². The number of aldehydes is 1. The van der Waals surface area contributed by atoms with E-state index in [1.165, 1.54) is 0 Å². The number of hydrogen-bond acceptors (Lipinski definition) is 4. The molecule has 78 valence electrons. The molecular weight excluding hydrogens is 219 g/mol. The Labute approximate surface area is 81.2 Å². The average molecular weight is 225 g/mol. The second-order valence-electron chi connectivity index (χ2n) is 2.79. The van der Waals surface area contributed by atoms with E-state index in [1.807, 2.05) is 0 Å². The highest BCUT2D eigenvalue weighted by molar-refractivity contribution is 7.12. The number of hydrogen-bond donors (Lipinski definition) is 1. The van der Waals surface area contributed by atoms with E-state index in [9.17, 15) is 23.1 Å². The van der Waals surface area contributed by atoms with Crippen LogP contribution < -0.4 is 0 Å². The van der Waals surface area contributed by atoms with E-state index < -0.39 is 16.8 Å². The fourth-order valence-electron chi connectivity index (χ4n) is 0.697. The monoisotopic (exact) mass is 225 g/mol. The third-order valence-electron chi connectivity index (χ3n) is 1.48. The zero-order valence-corrected chi connectivity index (χ0v) is 7.82. The lowest BCUT2D eigenvalue weighted by Gasteiger charge is -2.11. The van der Waals surface area contributed by atoms with Gasteiger partial charge in [-0.2, -0.15) is 13.2 Å². The first-order chi connectivity index (χ1) is 6.27. The minimum Gasteiger partial charge on any atom is -0.377 e. The molecule has 0 amide bonds. The summed E-state index contributed by atoms with van der Waals surface area (Å²) in [4.78, 5) is 13.3. The summed E-state index contributed by atoms with van der Waals surface area (Å²) in [6.45, 7) is 1.10. The van der Waals surface area contributed by atoms with Crippen molar-refractivity contribution in [1.82, 2.24) is 4.98 Å². The van der Waals surface area contributed by atoms with Gasteiger partial charge in [0.05, 0.1) is 4.88 Å². The molecule has 0 aliphatic rings. The third kappa shape index (κ3) is 2.10. The van der Waals surface area contributed by atoms with Crippen LogP contribution in [0.1, 0.15) is 16.8 Å². The van der Waals surface area contributed by atoms with Gasteiger partial charge in [0.15, 0.2) is 16.9 Å². The Morgan fingerprint density at radius 3 is 2.50 bits per heavy atom. The Bertz CT molecular complexity index is 345. The molecular formula is C7H6F3NO2S. The molecule has 1 aromatic heterocycles. The zero-order valence-electron chi connectivity index (χ0n) is 7.00. The SMILES string of the molecule is CC(O)(C=O)c1cnc(C(F)(F)F)s1. The molecule has 0 saturated carbocycles. The highest BCUT2D eigenvalue weighted by Gasteiger charge is 2.37. The molecule has 0 radical (unpaired) electrons. The van der Waals surface area contributed by atoms with Crippen molar-refractivity contribution in [2.45, 2.75) is 18.7 Å². The number of halogens is 3. The van der Waals surface area contributed by atoms with Crippen LogP contribution in [0.3, 0.4) is 0 Å². The molecule has 0 fully saturated rings. The summed E-state index contributed by atoms with van der Waals surface area (Å²) in [6, 6.07) is 0. The highest BCUT2D eigenvalue weighted by Crippen LogP contribution is 2.35. The van der Waals surface area contributed by atoms with Gasteiger partial charge in [-0.1, -0.05) is 0 Å². The second kappa shape index (κ2) is 3.32. The standard InChI is InChI=1S/C7H6F3NO2S/c1-6(13,3-12)4-2-11-5(14-4)7(8,9)10/h2-3,13H,1H3. The molecule has 1 N–H and O–H groups in total. The van der Waals surface area contributed by atoms with Gasteiger partial charge in [-0.3, -0.25) is 4.79 Å². The molecule has 0 bridgehead atoms. The lowest BCUT2D eigenvalue weighted by Crippen LogP contribution is -2.20. The summed E-state index contributed by atoms with van der Waals surface area (Å²) in [7, 11) is 0. The first-order valence-electron chi connectivity index (χ1n) is 3.49. The first kappa shape index (κ1) is 11.1. The van der Waals surface area contributed by atoms with Gasteiger partial charge in [0, 0.05) is 6.20 Å². The van der Waals surface area contributed by atoms with Gasteiger partial charge in [-0.15, -0.1) is 11.3 Å². The van der Waals surface area contributed by atoms with Gasteiger partial charge in [-0.05, 0) is 6.92 Å². The molecule has 0 aliphatic carbocycles. The van der Waals surface area contributed by atoms with Crippen molar-refractivity contribution in [3.63, 3.8) is 0 Å². The summed E-state index contributed by atoms with van der Waals surface area (Å²) < 4.78 is 36.2. The Morgan fingerprint density at radius 1 is 1.57 bits per heavy atom. The number of rotatable bonds is 2. The van der Waals surface area contributed by atoms with Crippen molar-refractivity contribution < 1.29 is 23.1 Å². The molecule has 14 heavy (non-hydrogen) atoms. The van der Waals surface area contributed by atoms with Gasteiger partial charge in [0.1, 0.15) is 0 Å². The van der Waals surface area contributed by atoms with Crippen LogP contribution in [0, 0.1) is 0 Å². The van der Waals surface area contributed by atoms with Gasteiger partial charge >= 0.3 is 6.18 Å². The molecule has 1 aromatic rings. The fourth-order valence-corrected chi connectivity index (χ4v) is 1.49. The van der Waals surface area contributed by atoms with Crippen LogP contribution in [-0.2, 0) is 16.6 Å². The Balaban J connectivity index is 3.06. The van der Waals surface area contributed by atoms with Crippen molar-refractivity contribution in [2.24, 2.45) is 0 Å². The molecule has 1 heterocycles. The summed E-state index contributed by atoms with van der Waals surface area (Å²) in [6.07, 6.45) is -3.52. The van der Waals surface area contributed by atoms with E-state index in [-0.39, 0.29) is 22.5 Å². The van der Waals surface area contributed by atoms with Crippen LogP contribution >= 0.6 is 11.3 Å². The van der Waals surface area contributed by atoms with E-state index in [1.54, 1.807) is 0 Å². The summed E-state index contributed by atoms with van der Waals surface area (Å²) >= 11 is 0.254. The Kier molecular flexibility index (Phi) is 2.64. The molecule has 1 atom stereocenters. The number of alkyl halides is 3. The lowest BCUT2D eigenvalue weighted by molar-refractivity contribution is -0.137. The predicted octanol–water partition coefficient (Wildman–Crippen LogP) is 1.57. The molecule has 7 heteroatoms. The molecule has 0 saturated heterocycles. The average Bonchev–Trinajstić information content (AvgIpc) is 2.51. The van der Waals surface area contributed by atoms with Gasteiger partial charge in [-0.25, -0.2) is 4.98 Å². The van der Waals surface area contributed by atoms with E-state index >= 15 is 0 Å². The summed E-state index contributed by atoms with van der Waals surface area (Å²) in [5.74, 6) is 0. The van der Waals surface area contributed by atoms with E-state index in [0.717, 1.165) is 13.1 Å². The smallest absolute Gasteiger partial charge is 0.377 e. The fraction of sp³-hybridized carbons (Fsp3) is 0.429. The largest absolute Gasteiger partial charge is 0.443 e. The van der Waals surface area contributed by atoms with Gasteiger partial charge in [0.25, 0.3) is 0 Å². The number of carbonyl (C=O) groups is 1. The third-order valence-corrected chi connectivity index (χ3v) is 2.75. The summed E-state index contributed by atoms with van der Waals surface area (Å²) in [5, 5.41) is 8.23. The predicted molar refractivity (Wildman–Crippen MR) is 42.8 cm³/mol. The van der Waals surface area contributed by atoms with Crippen molar-refractivity contribution in [1.29, 1.82) is 0 Å². The maximum Gasteiger partial charge on any atom is 0.443 e. The van der Waals surface area contributed by atoms with Crippen LogP contribution in [-0.4, -0.2) is 16.4 Å². The lowest BCUT2D eigenvalue weighted by atomic mass is 10.1. The van der Waals surface area contributed by atoms with E-state index in [0.29, 0.717) is 0 Å². The van der Waals surface area contributed by atoms with Gasteiger partial charge in [0.2, 0.25) is 0 Å². The van der Waals surface area contributed by atoms with Crippen LogP contribution in [0.25, 0.3) is 0 Å². The zero-order chi connectivity index (χ0) is 11.0. The van der Waals surface area contributed by atoms with Gasteiger partial charge < -0.3 is 5.11 Å². The Morgan fingerprint density at radius 2 is 2.14 bits per heavy atom. The quantitative estimate of drug-likeness (QED) is 0.777. The van der Waals surface area contributed by atoms with Crippen LogP contribution in [0.2, 0.25) is 0 Å². The van der Waals surface area contributed by atoms with Crippen molar-refractivity contribution >= 4 is 17.6 Å². The first-order valence-corrected chi connectivity index (χ1v) is 4.31. The van der Waals surface area contributed by atoms with Crippen LogP contribution in [0.4, 0.5) is 13.2 Å². The molecule has 0 aromatic carbocycles. The second-order valence-corrected chi connectivity index (χ2v) is 3.82. The van der Waals surface area contributed by atoms with Crippen LogP contribution in [0.15, 0.2) is 6.20 Å². The molecule has 1 unspecified atom stereocenters. The van der Waals surface area contributed by atoms with E-state index in [4.69, 9.17) is 0 Å². The number of aliphatic hydroxyl groups is 1.